The summed E-state index contributed by atoms with van der Waals surface area (Å²) in [6.07, 6.45) is 4.40. The van der Waals surface area contributed by atoms with Crippen molar-refractivity contribution in [2.45, 2.75) is 63.7 Å². The lowest BCUT2D eigenvalue weighted by Crippen LogP contribution is -2.51. The number of thiazole rings is 1. The Morgan fingerprint density at radius 1 is 0.929 bits per heavy atom. The van der Waals surface area contributed by atoms with Crippen LogP contribution in [0.2, 0.25) is 0 Å². The second-order valence-corrected chi connectivity index (χ2v) is 19.2. The molecule has 3 fully saturated rings. The average Bonchev–Trinajstić information content (AvgIpc) is 4.19. The van der Waals surface area contributed by atoms with Gasteiger partial charge in [0, 0.05) is 112 Å². The number of imide groups is 1. The third kappa shape index (κ3) is 8.05. The number of rotatable bonds is 10. The summed E-state index contributed by atoms with van der Waals surface area (Å²) in [7, 11) is 1.56. The van der Waals surface area contributed by atoms with E-state index in [4.69, 9.17) is 0 Å². The standard InChI is InChI=1S/C48H46F4N12O5S/c1-58-37-23-38(35(50)22-32(37)43(57-58)62-12-9-39(65)55-47(62)69)64-13-8-27(24-48(64,51)52)19-40(66)60-16-14-59(15-17-60)30-6-4-28(5-7-30)29-20-31-33(34(49)21-29)25-63(45(31)68)42(44(67)56-46-53-10-18-70-46)41-36-3-2-11-61(36)26-54-41/h4-7,10,18,20-23,26-27,42H,2-3,8-9,11-17,19,24-25H2,1H3,(H,53,56,67)(H,55,65,69). The van der Waals surface area contributed by atoms with E-state index in [1.165, 1.54) is 38.0 Å². The highest BCUT2D eigenvalue weighted by Gasteiger charge is 2.46. The normalized spacial score (nSPS) is 19.5. The molecule has 6 amide bonds. The van der Waals surface area contributed by atoms with E-state index in [2.05, 4.69) is 30.6 Å². The number of aromatic nitrogens is 5. The van der Waals surface area contributed by atoms with Crippen molar-refractivity contribution in [3.05, 3.63) is 101 Å². The summed E-state index contributed by atoms with van der Waals surface area (Å²) in [5, 5.41) is 11.7. The van der Waals surface area contributed by atoms with Crippen molar-refractivity contribution in [3.8, 4) is 11.1 Å². The zero-order chi connectivity index (χ0) is 48.6. The quantitative estimate of drug-likeness (QED) is 0.115. The highest BCUT2D eigenvalue weighted by molar-refractivity contribution is 7.13. The van der Waals surface area contributed by atoms with Crippen molar-refractivity contribution in [3.63, 3.8) is 0 Å². The number of imidazole rings is 1. The van der Waals surface area contributed by atoms with Gasteiger partial charge in [0.05, 0.1) is 29.8 Å². The van der Waals surface area contributed by atoms with Gasteiger partial charge in [-0.05, 0) is 72.7 Å². The number of fused-ring (bicyclic) bond motifs is 3. The lowest BCUT2D eigenvalue weighted by atomic mass is 9.90. The van der Waals surface area contributed by atoms with Crippen molar-refractivity contribution in [1.82, 2.24) is 39.4 Å². The lowest BCUT2D eigenvalue weighted by molar-refractivity contribution is -0.134. The van der Waals surface area contributed by atoms with Crippen LogP contribution >= 0.6 is 11.3 Å². The number of nitrogens with zero attached hydrogens (tertiary/aromatic N) is 10. The molecule has 3 aromatic carbocycles. The first-order valence-electron chi connectivity index (χ1n) is 23.1. The van der Waals surface area contributed by atoms with Gasteiger partial charge in [0.1, 0.15) is 11.6 Å². The Balaban J connectivity index is 0.711. The number of hydrogen-bond donors (Lipinski definition) is 2. The molecular formula is C48H46F4N12O5S. The SMILES string of the molecule is Cn1nc(N2CCC(=O)NC2=O)c2cc(F)c(N3CCC(CC(=O)N4CCN(c5ccc(-c6cc(F)c7c(c6)C(=O)N(C(C(=O)Nc6nccs6)c6ncn8c6CCC8)C7)cc5)CC4)CC3(F)F)cc21. The van der Waals surface area contributed by atoms with Crippen LogP contribution in [0.1, 0.15) is 65.5 Å². The summed E-state index contributed by atoms with van der Waals surface area (Å²) in [4.78, 5) is 81.6. The molecule has 3 aromatic heterocycles. The summed E-state index contributed by atoms with van der Waals surface area (Å²) < 4.78 is 66.9. The Morgan fingerprint density at radius 2 is 1.73 bits per heavy atom. The zero-order valence-electron chi connectivity index (χ0n) is 37.8. The van der Waals surface area contributed by atoms with Crippen LogP contribution in [-0.4, -0.2) is 109 Å². The number of halogens is 4. The van der Waals surface area contributed by atoms with Crippen molar-refractivity contribution in [2.24, 2.45) is 13.0 Å². The fourth-order valence-electron chi connectivity index (χ4n) is 10.5. The minimum absolute atomic E-state index is 0.0340. The van der Waals surface area contributed by atoms with E-state index < -0.39 is 59.8 Å². The molecule has 5 aliphatic rings. The van der Waals surface area contributed by atoms with E-state index in [-0.39, 0.29) is 72.8 Å². The zero-order valence-corrected chi connectivity index (χ0v) is 38.7. The molecule has 22 heteroatoms. The molecule has 17 nitrogen and oxygen atoms in total. The second kappa shape index (κ2) is 17.6. The van der Waals surface area contributed by atoms with Crippen LogP contribution in [0.4, 0.5) is 44.7 Å². The number of anilines is 4. The number of piperidine rings is 1. The van der Waals surface area contributed by atoms with Crippen LogP contribution < -0.4 is 25.3 Å². The molecule has 362 valence electrons. The van der Waals surface area contributed by atoms with Crippen LogP contribution in [0.25, 0.3) is 22.0 Å². The molecule has 6 aromatic rings. The van der Waals surface area contributed by atoms with Gasteiger partial charge < -0.3 is 24.2 Å². The summed E-state index contributed by atoms with van der Waals surface area (Å²) in [6.45, 7) is 2.25. The first-order chi connectivity index (χ1) is 33.7. The first-order valence-corrected chi connectivity index (χ1v) is 24.0. The number of benzene rings is 3. The molecule has 0 aliphatic carbocycles. The predicted octanol–water partition coefficient (Wildman–Crippen LogP) is 6.45. The van der Waals surface area contributed by atoms with Crippen molar-refractivity contribution in [2.75, 3.05) is 59.3 Å². The maximum Gasteiger partial charge on any atom is 0.329 e. The molecule has 0 spiro atoms. The molecule has 11 rings (SSSR count). The molecule has 3 saturated heterocycles. The van der Waals surface area contributed by atoms with Gasteiger partial charge in [-0.1, -0.05) is 12.1 Å². The molecule has 2 atom stereocenters. The molecule has 0 bridgehead atoms. The Bertz CT molecular complexity index is 3100. The number of urea groups is 1. The third-order valence-corrected chi connectivity index (χ3v) is 14.8. The summed E-state index contributed by atoms with van der Waals surface area (Å²) >= 11 is 1.25. The smallest absolute Gasteiger partial charge is 0.329 e. The number of nitrogens with one attached hydrogen (secondary N) is 2. The Morgan fingerprint density at radius 3 is 2.47 bits per heavy atom. The largest absolute Gasteiger partial charge is 0.368 e. The van der Waals surface area contributed by atoms with E-state index in [0.717, 1.165) is 35.3 Å². The number of carbonyl (C=O) groups excluding carboxylic acids is 5. The second-order valence-electron chi connectivity index (χ2n) is 18.3. The van der Waals surface area contributed by atoms with Crippen LogP contribution in [-0.2, 0) is 40.9 Å². The predicted molar refractivity (Wildman–Crippen MR) is 250 cm³/mol. The van der Waals surface area contributed by atoms with E-state index in [0.29, 0.717) is 60.1 Å². The van der Waals surface area contributed by atoms with Gasteiger partial charge in [-0.25, -0.2) is 23.5 Å². The topological polar surface area (TPSA) is 174 Å². The van der Waals surface area contributed by atoms with Crippen LogP contribution in [0.15, 0.2) is 66.4 Å². The third-order valence-electron chi connectivity index (χ3n) is 14.1. The number of amides is 6. The van der Waals surface area contributed by atoms with E-state index >= 15 is 17.6 Å². The van der Waals surface area contributed by atoms with Crippen molar-refractivity contribution in [1.29, 1.82) is 0 Å². The van der Waals surface area contributed by atoms with Gasteiger partial charge in [-0.2, -0.15) is 13.9 Å². The van der Waals surface area contributed by atoms with Gasteiger partial charge in [0.25, 0.3) is 11.8 Å². The monoisotopic (exact) mass is 978 g/mol. The van der Waals surface area contributed by atoms with Crippen LogP contribution in [0.3, 0.4) is 0 Å². The highest BCUT2D eigenvalue weighted by Crippen LogP contribution is 2.43. The fourth-order valence-corrected chi connectivity index (χ4v) is 11.1. The van der Waals surface area contributed by atoms with E-state index in [1.54, 1.807) is 35.9 Å². The number of hydrogen-bond acceptors (Lipinski definition) is 11. The van der Waals surface area contributed by atoms with Gasteiger partial charge in [0.2, 0.25) is 11.8 Å². The summed E-state index contributed by atoms with van der Waals surface area (Å²) in [6, 6.07) is 7.65. The Kier molecular flexibility index (Phi) is 11.3. The molecule has 2 unspecified atom stereocenters. The average molecular weight is 979 g/mol. The summed E-state index contributed by atoms with van der Waals surface area (Å²) in [5.41, 5.74) is 3.79. The highest BCUT2D eigenvalue weighted by atomic mass is 32.1. The number of alkyl halides is 2. The van der Waals surface area contributed by atoms with E-state index in [9.17, 15) is 24.0 Å². The lowest BCUT2D eigenvalue weighted by Gasteiger charge is -2.41. The number of aryl methyl sites for hydroxylation is 2. The number of piperazine rings is 1. The molecule has 8 heterocycles. The molecule has 70 heavy (non-hydrogen) atoms. The number of carbonyl (C=O) groups is 5. The molecule has 0 saturated carbocycles. The maximum absolute atomic E-state index is 16.0. The first kappa shape index (κ1) is 45.1. The van der Waals surface area contributed by atoms with Gasteiger partial charge in [-0.15, -0.1) is 11.3 Å². The molecule has 2 N–H and O–H groups in total. The minimum atomic E-state index is -3.46. The van der Waals surface area contributed by atoms with Crippen LogP contribution in [0, 0.1) is 17.6 Å². The minimum Gasteiger partial charge on any atom is -0.368 e. The Hall–Kier alpha value is -7.36. The van der Waals surface area contributed by atoms with Gasteiger partial charge in [0.15, 0.2) is 17.0 Å². The van der Waals surface area contributed by atoms with Crippen molar-refractivity contribution < 1.29 is 41.5 Å². The Labute approximate surface area is 401 Å². The van der Waals surface area contributed by atoms with E-state index in [1.807, 2.05) is 28.8 Å². The molecular weight excluding hydrogens is 933 g/mol. The van der Waals surface area contributed by atoms with Crippen LogP contribution in [0.5, 0.6) is 0 Å². The molecule has 0 radical (unpaired) electrons. The fraction of sp³-hybridized carbons (Fsp3) is 0.375. The summed E-state index contributed by atoms with van der Waals surface area (Å²) in [5.74, 6) is -3.61. The van der Waals surface area contributed by atoms with Gasteiger partial charge >= 0.3 is 12.1 Å². The maximum atomic E-state index is 16.0. The van der Waals surface area contributed by atoms with Gasteiger partial charge in [-0.3, -0.25) is 39.4 Å². The van der Waals surface area contributed by atoms with Crippen molar-refractivity contribution >= 4 is 74.2 Å². The molecule has 5 aliphatic heterocycles.